The van der Waals surface area contributed by atoms with E-state index >= 15 is 0 Å². The molecule has 0 radical (unpaired) electrons. The standard InChI is InChI=1S/C7H9NO3S.C6H6O4S/c1-5-4-6(12(9,10)11)2-3-7(5)8;7-5-1-3-6(4-2-5)11(8,9)10/h2-4H,8H2,1H3,(H,9,10,11);1-4,7H,(H,8,9,10). The van der Waals surface area contributed by atoms with Gasteiger partial charge in [-0.3, -0.25) is 9.11 Å². The summed E-state index contributed by atoms with van der Waals surface area (Å²) in [6.07, 6.45) is 0. The molecule has 0 saturated heterocycles. The molecule has 5 N–H and O–H groups in total. The molecule has 0 aliphatic heterocycles. The van der Waals surface area contributed by atoms with Crippen molar-refractivity contribution < 1.29 is 31.0 Å². The van der Waals surface area contributed by atoms with Crippen LogP contribution in [0.15, 0.2) is 52.3 Å². The Balaban J connectivity index is 0.000000231. The minimum absolute atomic E-state index is 0.0441. The van der Waals surface area contributed by atoms with Crippen molar-refractivity contribution in [1.29, 1.82) is 0 Å². The van der Waals surface area contributed by atoms with E-state index in [1.807, 2.05) is 0 Å². The molecule has 0 saturated carbocycles. The normalized spacial score (nSPS) is 11.4. The van der Waals surface area contributed by atoms with Crippen LogP contribution < -0.4 is 5.73 Å². The zero-order valence-electron chi connectivity index (χ0n) is 11.9. The van der Waals surface area contributed by atoms with Gasteiger partial charge in [0.1, 0.15) is 5.75 Å². The maximum absolute atomic E-state index is 10.6. The number of anilines is 1. The second-order valence-electron chi connectivity index (χ2n) is 4.46. The van der Waals surface area contributed by atoms with E-state index in [4.69, 9.17) is 19.9 Å². The maximum atomic E-state index is 10.6. The minimum atomic E-state index is -4.13. The summed E-state index contributed by atoms with van der Waals surface area (Å²) in [5.41, 5.74) is 6.59. The van der Waals surface area contributed by atoms with E-state index in [1.165, 1.54) is 30.3 Å². The molecule has 0 atom stereocenters. The molecule has 2 rings (SSSR count). The number of nitrogens with two attached hydrogens (primary N) is 1. The van der Waals surface area contributed by atoms with Crippen molar-refractivity contribution in [3.8, 4) is 5.75 Å². The van der Waals surface area contributed by atoms with Crippen molar-refractivity contribution in [2.45, 2.75) is 16.7 Å². The van der Waals surface area contributed by atoms with Gasteiger partial charge in [0.15, 0.2) is 0 Å². The Morgan fingerprint density at radius 2 is 1.26 bits per heavy atom. The summed E-state index contributed by atoms with van der Waals surface area (Å²) in [5, 5.41) is 8.75. The van der Waals surface area contributed by atoms with Crippen LogP contribution in [0.25, 0.3) is 0 Å². The van der Waals surface area contributed by atoms with Gasteiger partial charge in [-0.1, -0.05) is 0 Å². The summed E-state index contributed by atoms with van der Waals surface area (Å²) >= 11 is 0. The third-order valence-corrected chi connectivity index (χ3v) is 4.39. The molecular formula is C13H15NO7S2. The van der Waals surface area contributed by atoms with Gasteiger partial charge in [0.2, 0.25) is 0 Å². The highest BCUT2D eigenvalue weighted by atomic mass is 32.2. The van der Waals surface area contributed by atoms with Gasteiger partial charge in [0.25, 0.3) is 20.2 Å². The lowest BCUT2D eigenvalue weighted by atomic mass is 10.2. The fourth-order valence-corrected chi connectivity index (χ4v) is 2.47. The summed E-state index contributed by atoms with van der Waals surface area (Å²) in [6.45, 7) is 1.67. The van der Waals surface area contributed by atoms with E-state index in [2.05, 4.69) is 0 Å². The molecule has 0 aliphatic carbocycles. The van der Waals surface area contributed by atoms with Crippen LogP contribution in [0.1, 0.15) is 5.56 Å². The highest BCUT2D eigenvalue weighted by Crippen LogP contribution is 2.16. The van der Waals surface area contributed by atoms with Gasteiger partial charge < -0.3 is 10.8 Å². The molecule has 2 aromatic rings. The second-order valence-corrected chi connectivity index (χ2v) is 7.31. The number of benzene rings is 2. The van der Waals surface area contributed by atoms with Gasteiger partial charge in [0, 0.05) is 5.69 Å². The number of nitrogen functional groups attached to an aromatic ring is 1. The Hall–Kier alpha value is -2.14. The molecular weight excluding hydrogens is 346 g/mol. The van der Waals surface area contributed by atoms with Crippen molar-refractivity contribution in [3.05, 3.63) is 48.0 Å². The number of aromatic hydroxyl groups is 1. The Morgan fingerprint density at radius 1 is 0.826 bits per heavy atom. The van der Waals surface area contributed by atoms with Gasteiger partial charge in [0.05, 0.1) is 9.79 Å². The lowest BCUT2D eigenvalue weighted by molar-refractivity contribution is 0.472. The minimum Gasteiger partial charge on any atom is -0.508 e. The van der Waals surface area contributed by atoms with Crippen LogP contribution in [0.4, 0.5) is 5.69 Å². The number of hydrogen-bond acceptors (Lipinski definition) is 6. The van der Waals surface area contributed by atoms with Gasteiger partial charge in [-0.25, -0.2) is 0 Å². The Labute approximate surface area is 133 Å². The summed E-state index contributed by atoms with van der Waals surface area (Å²) in [5.74, 6) is -0.0441. The van der Waals surface area contributed by atoms with Crippen LogP contribution >= 0.6 is 0 Å². The second kappa shape index (κ2) is 6.96. The van der Waals surface area contributed by atoms with Crippen molar-refractivity contribution in [3.63, 3.8) is 0 Å². The molecule has 10 heteroatoms. The van der Waals surface area contributed by atoms with Crippen molar-refractivity contribution in [1.82, 2.24) is 0 Å². The molecule has 0 aromatic heterocycles. The molecule has 0 unspecified atom stereocenters. The highest BCUT2D eigenvalue weighted by Gasteiger charge is 2.09. The number of aryl methyl sites for hydroxylation is 1. The van der Waals surface area contributed by atoms with E-state index in [9.17, 15) is 16.8 Å². The number of hydrogen-bond donors (Lipinski definition) is 4. The first-order chi connectivity index (χ1) is 10.4. The van der Waals surface area contributed by atoms with E-state index in [0.29, 0.717) is 11.3 Å². The lowest BCUT2D eigenvalue weighted by Gasteiger charge is -2.01. The SMILES string of the molecule is Cc1cc(S(=O)(=O)O)ccc1N.O=S(=O)(O)c1ccc(O)cc1. The van der Waals surface area contributed by atoms with Crippen LogP contribution in [-0.4, -0.2) is 31.0 Å². The molecule has 0 heterocycles. The molecule has 0 fully saturated rings. The van der Waals surface area contributed by atoms with Gasteiger partial charge in [-0.15, -0.1) is 0 Å². The molecule has 2 aromatic carbocycles. The average Bonchev–Trinajstić information content (AvgIpc) is 2.41. The van der Waals surface area contributed by atoms with Crippen molar-refractivity contribution >= 4 is 25.9 Å². The smallest absolute Gasteiger partial charge is 0.294 e. The van der Waals surface area contributed by atoms with E-state index < -0.39 is 20.2 Å². The largest absolute Gasteiger partial charge is 0.508 e. The van der Waals surface area contributed by atoms with Crippen LogP contribution in [0.5, 0.6) is 5.75 Å². The Morgan fingerprint density at radius 3 is 1.65 bits per heavy atom. The third-order valence-electron chi connectivity index (χ3n) is 2.67. The molecule has 0 bridgehead atoms. The Bertz CT molecular complexity index is 888. The molecule has 126 valence electrons. The highest BCUT2D eigenvalue weighted by molar-refractivity contribution is 7.86. The molecule has 23 heavy (non-hydrogen) atoms. The van der Waals surface area contributed by atoms with Gasteiger partial charge in [-0.2, -0.15) is 16.8 Å². The van der Waals surface area contributed by atoms with Gasteiger partial charge in [-0.05, 0) is 55.0 Å². The van der Waals surface area contributed by atoms with Gasteiger partial charge >= 0.3 is 0 Å². The number of phenols is 1. The van der Waals surface area contributed by atoms with Crippen molar-refractivity contribution in [2.75, 3.05) is 5.73 Å². The zero-order valence-corrected chi connectivity index (χ0v) is 13.5. The predicted molar refractivity (Wildman–Crippen MR) is 83.3 cm³/mol. The predicted octanol–water partition coefficient (Wildman–Crippen LogP) is 1.46. The van der Waals surface area contributed by atoms with E-state index in [0.717, 1.165) is 12.1 Å². The quantitative estimate of drug-likeness (QED) is 0.463. The first kappa shape index (κ1) is 18.9. The first-order valence-electron chi connectivity index (χ1n) is 6.01. The van der Waals surface area contributed by atoms with E-state index in [-0.39, 0.29) is 15.5 Å². The number of phenolic OH excluding ortho intramolecular Hbond substituents is 1. The van der Waals surface area contributed by atoms with Crippen LogP contribution in [0.3, 0.4) is 0 Å². The Kier molecular flexibility index (Phi) is 5.72. The number of rotatable bonds is 2. The third kappa shape index (κ3) is 5.87. The average molecular weight is 361 g/mol. The monoisotopic (exact) mass is 361 g/mol. The van der Waals surface area contributed by atoms with Crippen LogP contribution in [-0.2, 0) is 20.2 Å². The van der Waals surface area contributed by atoms with Crippen LogP contribution in [0.2, 0.25) is 0 Å². The fraction of sp³-hybridized carbons (Fsp3) is 0.0769. The molecule has 0 amide bonds. The zero-order chi connectivity index (χ0) is 17.8. The van der Waals surface area contributed by atoms with Crippen molar-refractivity contribution in [2.24, 2.45) is 0 Å². The van der Waals surface area contributed by atoms with Crippen LogP contribution in [0, 0.1) is 6.92 Å². The first-order valence-corrected chi connectivity index (χ1v) is 8.89. The lowest BCUT2D eigenvalue weighted by Crippen LogP contribution is -1.99. The fourth-order valence-electron chi connectivity index (χ4n) is 1.43. The maximum Gasteiger partial charge on any atom is 0.294 e. The molecule has 8 nitrogen and oxygen atoms in total. The molecule has 0 aliphatic rings. The summed E-state index contributed by atoms with van der Waals surface area (Å²) in [6, 6.07) is 8.63. The summed E-state index contributed by atoms with van der Waals surface area (Å²) in [4.78, 5) is -0.357. The summed E-state index contributed by atoms with van der Waals surface area (Å²) in [7, 11) is -8.23. The summed E-state index contributed by atoms with van der Waals surface area (Å²) < 4.78 is 59.2. The topological polar surface area (TPSA) is 155 Å². The molecule has 0 spiro atoms. The van der Waals surface area contributed by atoms with E-state index in [1.54, 1.807) is 6.92 Å².